The minimum atomic E-state index is -0.713. The van der Waals surface area contributed by atoms with Gasteiger partial charge in [-0.1, -0.05) is 20.8 Å². The van der Waals surface area contributed by atoms with Gasteiger partial charge >= 0.3 is 0 Å². The van der Waals surface area contributed by atoms with Crippen molar-refractivity contribution in [1.29, 1.82) is 0 Å². The zero-order chi connectivity index (χ0) is 10.1. The molecule has 76 valence electrons. The SMILES string of the molecule is CC(C)CC1(O)CC(C)CC1C=O. The van der Waals surface area contributed by atoms with Crippen molar-refractivity contribution in [3.8, 4) is 0 Å². The van der Waals surface area contributed by atoms with Crippen LogP contribution in [0.3, 0.4) is 0 Å². The van der Waals surface area contributed by atoms with E-state index in [1.807, 2.05) is 0 Å². The second-order valence-corrected chi connectivity index (χ2v) is 4.99. The third kappa shape index (κ3) is 2.31. The first-order chi connectivity index (χ1) is 5.98. The fourth-order valence-corrected chi connectivity index (χ4v) is 2.61. The molecule has 0 heterocycles. The zero-order valence-electron chi connectivity index (χ0n) is 8.79. The van der Waals surface area contributed by atoms with Gasteiger partial charge in [0.2, 0.25) is 0 Å². The smallest absolute Gasteiger partial charge is 0.125 e. The highest BCUT2D eigenvalue weighted by atomic mass is 16.3. The molecule has 0 bridgehead atoms. The molecule has 1 aliphatic carbocycles. The Balaban J connectivity index is 2.69. The first kappa shape index (κ1) is 10.7. The van der Waals surface area contributed by atoms with Crippen molar-refractivity contribution in [3.63, 3.8) is 0 Å². The molecule has 13 heavy (non-hydrogen) atoms. The first-order valence-electron chi connectivity index (χ1n) is 5.15. The van der Waals surface area contributed by atoms with Crippen LogP contribution in [0.25, 0.3) is 0 Å². The van der Waals surface area contributed by atoms with Gasteiger partial charge in [0.1, 0.15) is 6.29 Å². The van der Waals surface area contributed by atoms with Gasteiger partial charge in [0.15, 0.2) is 0 Å². The number of carbonyl (C=O) groups is 1. The molecule has 1 aliphatic rings. The van der Waals surface area contributed by atoms with Crippen molar-refractivity contribution < 1.29 is 9.90 Å². The molecule has 3 atom stereocenters. The normalized spacial score (nSPS) is 39.8. The Morgan fingerprint density at radius 2 is 2.23 bits per heavy atom. The van der Waals surface area contributed by atoms with Gasteiger partial charge in [0.05, 0.1) is 5.60 Å². The van der Waals surface area contributed by atoms with E-state index >= 15 is 0 Å². The van der Waals surface area contributed by atoms with Crippen molar-refractivity contribution in [3.05, 3.63) is 0 Å². The lowest BCUT2D eigenvalue weighted by Gasteiger charge is -2.28. The van der Waals surface area contributed by atoms with Gasteiger partial charge in [-0.3, -0.25) is 0 Å². The predicted octanol–water partition coefficient (Wildman–Crippen LogP) is 2.01. The predicted molar refractivity (Wildman–Crippen MR) is 52.4 cm³/mol. The van der Waals surface area contributed by atoms with E-state index in [4.69, 9.17) is 0 Å². The Morgan fingerprint density at radius 3 is 2.69 bits per heavy atom. The third-order valence-electron chi connectivity index (χ3n) is 2.97. The lowest BCUT2D eigenvalue weighted by Crippen LogP contribution is -2.35. The monoisotopic (exact) mass is 184 g/mol. The Hall–Kier alpha value is -0.370. The van der Waals surface area contributed by atoms with E-state index < -0.39 is 5.60 Å². The molecule has 0 saturated heterocycles. The van der Waals surface area contributed by atoms with Crippen LogP contribution in [0.5, 0.6) is 0 Å². The highest BCUT2D eigenvalue weighted by molar-refractivity contribution is 5.56. The van der Waals surface area contributed by atoms with E-state index in [1.54, 1.807) is 0 Å². The molecule has 0 spiro atoms. The summed E-state index contributed by atoms with van der Waals surface area (Å²) in [6.45, 7) is 6.28. The number of hydrogen-bond donors (Lipinski definition) is 1. The number of carbonyl (C=O) groups excluding carboxylic acids is 1. The molecule has 0 aromatic carbocycles. The van der Waals surface area contributed by atoms with E-state index in [9.17, 15) is 9.90 Å². The number of aliphatic hydroxyl groups is 1. The van der Waals surface area contributed by atoms with Gasteiger partial charge in [0.25, 0.3) is 0 Å². The number of aldehydes is 1. The van der Waals surface area contributed by atoms with Crippen LogP contribution in [0.4, 0.5) is 0 Å². The first-order valence-corrected chi connectivity index (χ1v) is 5.15. The maximum absolute atomic E-state index is 10.8. The van der Waals surface area contributed by atoms with Gasteiger partial charge < -0.3 is 9.90 Å². The second-order valence-electron chi connectivity index (χ2n) is 4.99. The molecule has 0 aromatic rings. The van der Waals surface area contributed by atoms with E-state index in [0.29, 0.717) is 11.8 Å². The fourth-order valence-electron chi connectivity index (χ4n) is 2.61. The maximum atomic E-state index is 10.8. The van der Waals surface area contributed by atoms with Crippen molar-refractivity contribution in [2.75, 3.05) is 0 Å². The van der Waals surface area contributed by atoms with Crippen LogP contribution in [0, 0.1) is 17.8 Å². The molecule has 1 saturated carbocycles. The highest BCUT2D eigenvalue weighted by Gasteiger charge is 2.44. The molecule has 1 fully saturated rings. The standard InChI is InChI=1S/C11H20O2/c1-8(2)5-11(13)6-9(3)4-10(11)7-12/h7-10,13H,4-6H2,1-3H3. The molecular formula is C11H20O2. The summed E-state index contributed by atoms with van der Waals surface area (Å²) in [6.07, 6.45) is 3.33. The summed E-state index contributed by atoms with van der Waals surface area (Å²) in [4.78, 5) is 10.8. The average molecular weight is 184 g/mol. The van der Waals surface area contributed by atoms with Crippen molar-refractivity contribution in [2.24, 2.45) is 17.8 Å². The lowest BCUT2D eigenvalue weighted by molar-refractivity contribution is -0.118. The van der Waals surface area contributed by atoms with Crippen LogP contribution >= 0.6 is 0 Å². The molecular weight excluding hydrogens is 164 g/mol. The van der Waals surface area contributed by atoms with Crippen LogP contribution in [0.1, 0.15) is 40.0 Å². The molecule has 1 rings (SSSR count). The molecule has 0 radical (unpaired) electrons. The van der Waals surface area contributed by atoms with Gasteiger partial charge in [-0.05, 0) is 31.1 Å². The van der Waals surface area contributed by atoms with Gasteiger partial charge in [0, 0.05) is 5.92 Å². The summed E-state index contributed by atoms with van der Waals surface area (Å²) < 4.78 is 0. The summed E-state index contributed by atoms with van der Waals surface area (Å²) in [7, 11) is 0. The largest absolute Gasteiger partial charge is 0.389 e. The summed E-state index contributed by atoms with van der Waals surface area (Å²) >= 11 is 0. The van der Waals surface area contributed by atoms with Crippen LogP contribution in [-0.2, 0) is 4.79 Å². The topological polar surface area (TPSA) is 37.3 Å². The molecule has 2 nitrogen and oxygen atoms in total. The van der Waals surface area contributed by atoms with Crippen molar-refractivity contribution in [2.45, 2.75) is 45.6 Å². The lowest BCUT2D eigenvalue weighted by atomic mass is 9.84. The van der Waals surface area contributed by atoms with Crippen molar-refractivity contribution >= 4 is 6.29 Å². The Morgan fingerprint density at radius 1 is 1.62 bits per heavy atom. The summed E-state index contributed by atoms with van der Waals surface area (Å²) in [6, 6.07) is 0. The Kier molecular flexibility index (Phi) is 3.12. The molecule has 1 N–H and O–H groups in total. The van der Waals surface area contributed by atoms with Crippen LogP contribution in [0.15, 0.2) is 0 Å². The second kappa shape index (κ2) is 3.79. The van der Waals surface area contributed by atoms with Gasteiger partial charge in [-0.25, -0.2) is 0 Å². The number of rotatable bonds is 3. The van der Waals surface area contributed by atoms with Gasteiger partial charge in [-0.15, -0.1) is 0 Å². The fraction of sp³-hybridized carbons (Fsp3) is 0.909. The maximum Gasteiger partial charge on any atom is 0.125 e. The molecule has 2 heteroatoms. The minimum absolute atomic E-state index is 0.134. The zero-order valence-corrected chi connectivity index (χ0v) is 8.79. The third-order valence-corrected chi connectivity index (χ3v) is 2.97. The van der Waals surface area contributed by atoms with Gasteiger partial charge in [-0.2, -0.15) is 0 Å². The Labute approximate surface area is 80.3 Å². The Bertz CT molecular complexity index is 189. The van der Waals surface area contributed by atoms with E-state index in [2.05, 4.69) is 20.8 Å². The number of hydrogen-bond acceptors (Lipinski definition) is 2. The molecule has 3 unspecified atom stereocenters. The molecule has 0 aliphatic heterocycles. The highest BCUT2D eigenvalue weighted by Crippen LogP contribution is 2.42. The molecule has 0 aromatic heterocycles. The quantitative estimate of drug-likeness (QED) is 0.681. The van der Waals surface area contributed by atoms with Crippen LogP contribution in [-0.4, -0.2) is 17.0 Å². The minimum Gasteiger partial charge on any atom is -0.389 e. The summed E-state index contributed by atoms with van der Waals surface area (Å²) in [5.41, 5.74) is -0.713. The molecule has 0 amide bonds. The van der Waals surface area contributed by atoms with E-state index in [-0.39, 0.29) is 5.92 Å². The van der Waals surface area contributed by atoms with E-state index in [1.165, 1.54) is 0 Å². The average Bonchev–Trinajstić information content (AvgIpc) is 2.23. The van der Waals surface area contributed by atoms with Crippen LogP contribution < -0.4 is 0 Å². The summed E-state index contributed by atoms with van der Waals surface area (Å²) in [5.74, 6) is 0.807. The van der Waals surface area contributed by atoms with Crippen molar-refractivity contribution in [1.82, 2.24) is 0 Å². The van der Waals surface area contributed by atoms with Crippen LogP contribution in [0.2, 0.25) is 0 Å². The summed E-state index contributed by atoms with van der Waals surface area (Å²) in [5, 5.41) is 10.3. The van der Waals surface area contributed by atoms with E-state index in [0.717, 1.165) is 25.5 Å².